The van der Waals surface area contributed by atoms with Gasteiger partial charge in [0.25, 0.3) is 0 Å². The van der Waals surface area contributed by atoms with Crippen molar-refractivity contribution < 1.29 is 9.53 Å². The molecule has 0 spiro atoms. The Kier molecular flexibility index (Phi) is 4.41. The molecule has 1 N–H and O–H groups in total. The van der Waals surface area contributed by atoms with E-state index in [4.69, 9.17) is 4.74 Å². The van der Waals surface area contributed by atoms with Crippen LogP contribution in [0.1, 0.15) is 60.8 Å². The molecule has 1 aliphatic carbocycles. The summed E-state index contributed by atoms with van der Waals surface area (Å²) < 4.78 is 5.15. The second-order valence-electron chi connectivity index (χ2n) is 7.15. The molecule has 0 aromatic rings. The first-order valence-electron chi connectivity index (χ1n) is 6.62. The summed E-state index contributed by atoms with van der Waals surface area (Å²) in [5, 5.41) is 4.21. The first kappa shape index (κ1) is 15.0. The number of nitrogens with zero attached hydrogens (tertiary/aromatic N) is 1. The predicted octanol–water partition coefficient (Wildman–Crippen LogP) is 3.71. The minimum atomic E-state index is -0.483. The van der Waals surface area contributed by atoms with Gasteiger partial charge in [0.1, 0.15) is 5.60 Å². The van der Waals surface area contributed by atoms with Crippen molar-refractivity contribution in [1.29, 1.82) is 0 Å². The third kappa shape index (κ3) is 5.52. The zero-order valence-electron chi connectivity index (χ0n) is 12.5. The highest BCUT2D eigenvalue weighted by molar-refractivity contribution is 5.86. The molecular formula is C14H26N2O2. The molecule has 4 heteroatoms. The van der Waals surface area contributed by atoms with Gasteiger partial charge in [-0.05, 0) is 51.4 Å². The van der Waals surface area contributed by atoms with E-state index in [0.717, 1.165) is 18.6 Å². The van der Waals surface area contributed by atoms with Crippen LogP contribution in [0.4, 0.5) is 4.79 Å². The number of rotatable bonds is 1. The predicted molar refractivity (Wildman–Crippen MR) is 73.6 cm³/mol. The smallest absolute Gasteiger partial charge is 0.428 e. The number of nitrogens with one attached hydrogen (secondary N) is 1. The molecule has 0 aromatic carbocycles. The molecule has 18 heavy (non-hydrogen) atoms. The van der Waals surface area contributed by atoms with Crippen molar-refractivity contribution in [2.45, 2.75) is 66.4 Å². The van der Waals surface area contributed by atoms with Gasteiger partial charge in [0.05, 0.1) is 0 Å². The molecule has 104 valence electrons. The quantitative estimate of drug-likeness (QED) is 0.725. The molecule has 1 atom stereocenters. The maximum atomic E-state index is 11.5. The molecule has 0 heterocycles. The van der Waals surface area contributed by atoms with Crippen LogP contribution >= 0.6 is 0 Å². The third-order valence-electron chi connectivity index (χ3n) is 2.87. The van der Waals surface area contributed by atoms with Gasteiger partial charge in [-0.15, -0.1) is 0 Å². The summed E-state index contributed by atoms with van der Waals surface area (Å²) in [7, 11) is 0. The highest BCUT2D eigenvalue weighted by atomic mass is 16.6. The fraction of sp³-hybridized carbons (Fsp3) is 0.857. The normalized spacial score (nSPS) is 25.9. The SMILES string of the molecule is C[C@H]1C/C(=N/NC(=O)OC(C)(C)C)CC(C)(C)C1. The Morgan fingerprint density at radius 2 is 2.06 bits per heavy atom. The summed E-state index contributed by atoms with van der Waals surface area (Å²) in [4.78, 5) is 11.5. The van der Waals surface area contributed by atoms with Crippen molar-refractivity contribution in [3.63, 3.8) is 0 Å². The summed E-state index contributed by atoms with van der Waals surface area (Å²) in [6.45, 7) is 12.2. The minimum Gasteiger partial charge on any atom is -0.443 e. The monoisotopic (exact) mass is 254 g/mol. The zero-order valence-corrected chi connectivity index (χ0v) is 12.5. The number of ether oxygens (including phenoxy) is 1. The van der Waals surface area contributed by atoms with E-state index >= 15 is 0 Å². The lowest BCUT2D eigenvalue weighted by Crippen LogP contribution is -2.33. The van der Waals surface area contributed by atoms with Crippen molar-refractivity contribution in [1.82, 2.24) is 5.43 Å². The van der Waals surface area contributed by atoms with E-state index in [9.17, 15) is 4.79 Å². The van der Waals surface area contributed by atoms with Crippen LogP contribution in [0, 0.1) is 11.3 Å². The summed E-state index contributed by atoms with van der Waals surface area (Å²) in [6, 6.07) is 0. The molecule has 0 unspecified atom stereocenters. The first-order chi connectivity index (χ1) is 8.07. The average Bonchev–Trinajstić information content (AvgIpc) is 2.08. The topological polar surface area (TPSA) is 50.7 Å². The third-order valence-corrected chi connectivity index (χ3v) is 2.87. The van der Waals surface area contributed by atoms with Crippen molar-refractivity contribution in [2.24, 2.45) is 16.4 Å². The van der Waals surface area contributed by atoms with Gasteiger partial charge in [-0.2, -0.15) is 5.10 Å². The van der Waals surface area contributed by atoms with Crippen molar-refractivity contribution in [3.05, 3.63) is 0 Å². The molecule has 4 nitrogen and oxygen atoms in total. The van der Waals surface area contributed by atoms with Gasteiger partial charge >= 0.3 is 6.09 Å². The van der Waals surface area contributed by atoms with E-state index in [2.05, 4.69) is 31.3 Å². The minimum absolute atomic E-state index is 0.270. The van der Waals surface area contributed by atoms with Crippen LogP contribution in [-0.2, 0) is 4.74 Å². The first-order valence-corrected chi connectivity index (χ1v) is 6.62. The molecule has 0 aromatic heterocycles. The summed E-state index contributed by atoms with van der Waals surface area (Å²) in [6.07, 6.45) is 2.62. The Bertz CT molecular complexity index is 340. The summed E-state index contributed by atoms with van der Waals surface area (Å²) >= 11 is 0. The van der Waals surface area contributed by atoms with Gasteiger partial charge in [-0.3, -0.25) is 0 Å². The largest absolute Gasteiger partial charge is 0.443 e. The molecule has 0 bridgehead atoms. The Morgan fingerprint density at radius 1 is 1.44 bits per heavy atom. The van der Waals surface area contributed by atoms with Crippen LogP contribution in [0.5, 0.6) is 0 Å². The lowest BCUT2D eigenvalue weighted by Gasteiger charge is -2.34. The molecule has 0 aliphatic heterocycles. The Hall–Kier alpha value is -1.06. The standard InChI is InChI=1S/C14H26N2O2/c1-10-7-11(9-14(5,6)8-10)15-16-12(17)18-13(2,3)4/h10H,7-9H2,1-6H3,(H,16,17)/b15-11-/t10-/m0/s1. The second kappa shape index (κ2) is 5.29. The highest BCUT2D eigenvalue weighted by Crippen LogP contribution is 2.36. The lowest BCUT2D eigenvalue weighted by molar-refractivity contribution is 0.0528. The van der Waals surface area contributed by atoms with Gasteiger partial charge in [0.2, 0.25) is 0 Å². The number of carbonyl (C=O) groups excluding carboxylic acids is 1. The number of carbonyl (C=O) groups is 1. The van der Waals surface area contributed by atoms with Gasteiger partial charge in [-0.25, -0.2) is 10.2 Å². The number of hydrogen-bond donors (Lipinski definition) is 1. The Labute approximate surface area is 110 Å². The molecule has 1 saturated carbocycles. The van der Waals surface area contributed by atoms with Gasteiger partial charge < -0.3 is 4.74 Å². The average molecular weight is 254 g/mol. The molecule has 1 aliphatic rings. The van der Waals surface area contributed by atoms with Crippen LogP contribution in [0.15, 0.2) is 5.10 Å². The van der Waals surface area contributed by atoms with Crippen LogP contribution in [0.25, 0.3) is 0 Å². The molecular weight excluding hydrogens is 228 g/mol. The Balaban J connectivity index is 2.54. The van der Waals surface area contributed by atoms with Crippen LogP contribution in [0.2, 0.25) is 0 Å². The number of hydrogen-bond acceptors (Lipinski definition) is 3. The van der Waals surface area contributed by atoms with E-state index < -0.39 is 11.7 Å². The molecule has 1 fully saturated rings. The highest BCUT2D eigenvalue weighted by Gasteiger charge is 2.29. The number of amides is 1. The Morgan fingerprint density at radius 3 is 2.56 bits per heavy atom. The summed E-state index contributed by atoms with van der Waals surface area (Å²) in [5.74, 6) is 0.618. The maximum absolute atomic E-state index is 11.5. The van der Waals surface area contributed by atoms with Gasteiger partial charge in [-0.1, -0.05) is 20.8 Å². The van der Waals surface area contributed by atoms with Gasteiger partial charge in [0.15, 0.2) is 0 Å². The second-order valence-corrected chi connectivity index (χ2v) is 7.15. The fourth-order valence-electron chi connectivity index (χ4n) is 2.63. The molecule has 1 amide bonds. The van der Waals surface area contributed by atoms with E-state index in [-0.39, 0.29) is 5.41 Å². The van der Waals surface area contributed by atoms with Crippen LogP contribution < -0.4 is 5.43 Å². The van der Waals surface area contributed by atoms with E-state index in [0.29, 0.717) is 5.92 Å². The van der Waals surface area contributed by atoms with Crippen molar-refractivity contribution >= 4 is 11.8 Å². The van der Waals surface area contributed by atoms with E-state index in [1.807, 2.05) is 20.8 Å². The van der Waals surface area contributed by atoms with E-state index in [1.54, 1.807) is 0 Å². The van der Waals surface area contributed by atoms with Crippen molar-refractivity contribution in [2.75, 3.05) is 0 Å². The van der Waals surface area contributed by atoms with Crippen LogP contribution in [0.3, 0.4) is 0 Å². The fourth-order valence-corrected chi connectivity index (χ4v) is 2.63. The summed E-state index contributed by atoms with van der Waals surface area (Å²) in [5.41, 5.74) is 3.34. The zero-order chi connectivity index (χ0) is 14.0. The van der Waals surface area contributed by atoms with Crippen molar-refractivity contribution in [3.8, 4) is 0 Å². The molecule has 0 radical (unpaired) electrons. The molecule has 0 saturated heterocycles. The van der Waals surface area contributed by atoms with Gasteiger partial charge in [0, 0.05) is 5.71 Å². The maximum Gasteiger partial charge on any atom is 0.428 e. The van der Waals surface area contributed by atoms with E-state index in [1.165, 1.54) is 6.42 Å². The molecule has 1 rings (SSSR count). The van der Waals surface area contributed by atoms with Crippen LogP contribution in [-0.4, -0.2) is 17.4 Å². The number of hydrazone groups is 1. The lowest BCUT2D eigenvalue weighted by atomic mass is 9.72.